The molecular formula is C23H23N5O. The first-order valence-corrected chi connectivity index (χ1v) is 9.73. The first-order chi connectivity index (χ1) is 14.2. The molecule has 1 unspecified atom stereocenters. The lowest BCUT2D eigenvalue weighted by molar-refractivity contribution is -0.124. The second kappa shape index (κ2) is 8.65. The lowest BCUT2D eigenvalue weighted by Crippen LogP contribution is -2.26. The molecule has 1 aliphatic rings. The molecule has 2 aromatic heterocycles. The summed E-state index contributed by atoms with van der Waals surface area (Å²) in [6, 6.07) is 17.5. The zero-order chi connectivity index (χ0) is 20.1. The molecule has 29 heavy (non-hydrogen) atoms. The number of likely N-dealkylation sites (tertiary alicyclic amines) is 1. The molecule has 1 fully saturated rings. The van der Waals surface area contributed by atoms with Gasteiger partial charge in [-0.15, -0.1) is 0 Å². The normalized spacial score (nSPS) is 16.3. The highest BCUT2D eigenvalue weighted by atomic mass is 16.2. The molecule has 1 saturated heterocycles. The Bertz CT molecular complexity index is 1000. The number of anilines is 2. The molecule has 6 nitrogen and oxygen atoms in total. The Kier molecular flexibility index (Phi) is 5.61. The summed E-state index contributed by atoms with van der Waals surface area (Å²) in [5.41, 5.74) is 1.98. The number of hydrogen-bond donors (Lipinski definition) is 1. The summed E-state index contributed by atoms with van der Waals surface area (Å²) in [7, 11) is 0. The fourth-order valence-electron chi connectivity index (χ4n) is 3.47. The molecule has 1 N–H and O–H groups in total. The lowest BCUT2D eigenvalue weighted by Gasteiger charge is -2.15. The van der Waals surface area contributed by atoms with Crippen LogP contribution in [0.3, 0.4) is 0 Å². The van der Waals surface area contributed by atoms with E-state index in [1.54, 1.807) is 12.3 Å². The molecule has 1 amide bonds. The van der Waals surface area contributed by atoms with Gasteiger partial charge in [0.25, 0.3) is 0 Å². The monoisotopic (exact) mass is 385 g/mol. The van der Waals surface area contributed by atoms with Gasteiger partial charge in [0, 0.05) is 37.3 Å². The lowest BCUT2D eigenvalue weighted by atomic mass is 10.0. The Balaban J connectivity index is 1.43. The van der Waals surface area contributed by atoms with E-state index in [-0.39, 0.29) is 11.8 Å². The van der Waals surface area contributed by atoms with Crippen LogP contribution in [0.2, 0.25) is 0 Å². The van der Waals surface area contributed by atoms with Gasteiger partial charge in [-0.2, -0.15) is 0 Å². The minimum absolute atomic E-state index is 0.0361. The molecule has 0 bridgehead atoms. The van der Waals surface area contributed by atoms with Crippen molar-refractivity contribution in [2.45, 2.75) is 19.3 Å². The van der Waals surface area contributed by atoms with Crippen LogP contribution >= 0.6 is 0 Å². The molecule has 6 heteroatoms. The molecule has 3 heterocycles. The van der Waals surface area contributed by atoms with Crippen LogP contribution < -0.4 is 5.32 Å². The van der Waals surface area contributed by atoms with Crippen LogP contribution in [0.5, 0.6) is 0 Å². The van der Waals surface area contributed by atoms with Gasteiger partial charge in [-0.1, -0.05) is 36.4 Å². The summed E-state index contributed by atoms with van der Waals surface area (Å²) >= 11 is 0. The number of amides is 1. The van der Waals surface area contributed by atoms with Crippen molar-refractivity contribution in [3.63, 3.8) is 0 Å². The number of aromatic nitrogens is 3. The highest BCUT2D eigenvalue weighted by molar-refractivity contribution is 5.92. The van der Waals surface area contributed by atoms with E-state index in [0.717, 1.165) is 35.9 Å². The van der Waals surface area contributed by atoms with Crippen molar-refractivity contribution in [1.29, 1.82) is 0 Å². The Morgan fingerprint density at radius 1 is 1.10 bits per heavy atom. The summed E-state index contributed by atoms with van der Waals surface area (Å²) in [6.45, 7) is 3.28. The summed E-state index contributed by atoms with van der Waals surface area (Å²) < 4.78 is 0. The van der Waals surface area contributed by atoms with Crippen molar-refractivity contribution >= 4 is 23.6 Å². The zero-order valence-corrected chi connectivity index (χ0v) is 16.3. The van der Waals surface area contributed by atoms with Gasteiger partial charge in [0.1, 0.15) is 17.5 Å². The van der Waals surface area contributed by atoms with Crippen LogP contribution in [0.4, 0.5) is 11.6 Å². The maximum Gasteiger partial charge on any atom is 0.246 e. The third-order valence-corrected chi connectivity index (χ3v) is 4.91. The first-order valence-electron chi connectivity index (χ1n) is 9.73. The average molecular weight is 385 g/mol. The molecule has 146 valence electrons. The number of nitrogens with zero attached hydrogens (tertiary/aromatic N) is 4. The van der Waals surface area contributed by atoms with Crippen molar-refractivity contribution in [3.8, 4) is 0 Å². The Hall–Kier alpha value is -3.54. The highest BCUT2D eigenvalue weighted by Crippen LogP contribution is 2.28. The molecule has 0 aliphatic carbocycles. The second-order valence-corrected chi connectivity index (χ2v) is 7.08. The van der Waals surface area contributed by atoms with E-state index in [1.165, 1.54) is 0 Å². The molecular weight excluding hydrogens is 362 g/mol. The van der Waals surface area contributed by atoms with E-state index in [0.29, 0.717) is 12.4 Å². The fourth-order valence-corrected chi connectivity index (χ4v) is 3.47. The highest BCUT2D eigenvalue weighted by Gasteiger charge is 2.27. The molecule has 3 aromatic rings. The molecule has 4 rings (SSSR count). The predicted octanol–water partition coefficient (Wildman–Crippen LogP) is 3.95. The van der Waals surface area contributed by atoms with Crippen molar-refractivity contribution in [3.05, 3.63) is 84.0 Å². The maximum atomic E-state index is 12.6. The van der Waals surface area contributed by atoms with Crippen molar-refractivity contribution in [1.82, 2.24) is 19.9 Å². The van der Waals surface area contributed by atoms with Crippen LogP contribution in [0.25, 0.3) is 6.08 Å². The largest absolute Gasteiger partial charge is 0.338 e. The van der Waals surface area contributed by atoms with E-state index >= 15 is 0 Å². The van der Waals surface area contributed by atoms with E-state index < -0.39 is 0 Å². The van der Waals surface area contributed by atoms with E-state index in [4.69, 9.17) is 0 Å². The van der Waals surface area contributed by atoms with Gasteiger partial charge in [-0.3, -0.25) is 4.79 Å². The fraction of sp³-hybridized carbons (Fsp3) is 0.217. The standard InChI is InChI=1S/C23H23N5O/c1-17-25-20(15-22(26-17)27-21-9-5-6-13-24-21)19-12-14-28(16-19)23(29)11-10-18-7-3-2-4-8-18/h2-11,13,15,19H,12,14,16H2,1H3,(H,24,25,26,27). The number of rotatable bonds is 5. The third kappa shape index (κ3) is 4.85. The Labute approximate surface area is 170 Å². The molecule has 0 radical (unpaired) electrons. The van der Waals surface area contributed by atoms with Gasteiger partial charge in [0.05, 0.1) is 5.69 Å². The number of benzene rings is 1. The van der Waals surface area contributed by atoms with E-state index in [2.05, 4.69) is 20.3 Å². The number of hydrogen-bond acceptors (Lipinski definition) is 5. The van der Waals surface area contributed by atoms with Gasteiger partial charge in [-0.05, 0) is 37.1 Å². The average Bonchev–Trinajstić information content (AvgIpc) is 3.24. The van der Waals surface area contributed by atoms with Gasteiger partial charge >= 0.3 is 0 Å². The molecule has 1 aliphatic heterocycles. The Morgan fingerprint density at radius 3 is 2.72 bits per heavy atom. The zero-order valence-electron chi connectivity index (χ0n) is 16.3. The molecule has 0 spiro atoms. The van der Waals surface area contributed by atoms with E-state index in [9.17, 15) is 4.79 Å². The Morgan fingerprint density at radius 2 is 1.93 bits per heavy atom. The first kappa shape index (κ1) is 18.8. The van der Waals surface area contributed by atoms with Gasteiger partial charge < -0.3 is 10.2 Å². The number of carbonyl (C=O) groups is 1. The van der Waals surface area contributed by atoms with Gasteiger partial charge in [0.15, 0.2) is 0 Å². The van der Waals surface area contributed by atoms with Crippen LogP contribution in [-0.4, -0.2) is 38.8 Å². The van der Waals surface area contributed by atoms with Gasteiger partial charge in [-0.25, -0.2) is 15.0 Å². The summed E-state index contributed by atoms with van der Waals surface area (Å²) in [6.07, 6.45) is 6.14. The van der Waals surface area contributed by atoms with Crippen LogP contribution in [0.1, 0.15) is 29.4 Å². The third-order valence-electron chi connectivity index (χ3n) is 4.91. The predicted molar refractivity (Wildman–Crippen MR) is 114 cm³/mol. The number of pyridine rings is 1. The molecule has 1 atom stereocenters. The van der Waals surface area contributed by atoms with Crippen LogP contribution in [0, 0.1) is 6.92 Å². The second-order valence-electron chi connectivity index (χ2n) is 7.08. The SMILES string of the molecule is Cc1nc(Nc2ccccn2)cc(C2CCN(C(=O)C=Cc3ccccc3)C2)n1. The minimum Gasteiger partial charge on any atom is -0.338 e. The van der Waals surface area contributed by atoms with Crippen LogP contribution in [0.15, 0.2) is 66.9 Å². The van der Waals surface area contributed by atoms with Crippen LogP contribution in [-0.2, 0) is 4.79 Å². The summed E-state index contributed by atoms with van der Waals surface area (Å²) in [4.78, 5) is 27.8. The van der Waals surface area contributed by atoms with E-state index in [1.807, 2.05) is 72.5 Å². The van der Waals surface area contributed by atoms with Gasteiger partial charge in [0.2, 0.25) is 5.91 Å². The topological polar surface area (TPSA) is 71.0 Å². The van der Waals surface area contributed by atoms with Crippen molar-refractivity contribution in [2.75, 3.05) is 18.4 Å². The smallest absolute Gasteiger partial charge is 0.246 e. The molecule has 1 aromatic carbocycles. The van der Waals surface area contributed by atoms with Crippen molar-refractivity contribution < 1.29 is 4.79 Å². The summed E-state index contributed by atoms with van der Waals surface area (Å²) in [5.74, 6) is 2.41. The maximum absolute atomic E-state index is 12.6. The number of aryl methyl sites for hydroxylation is 1. The summed E-state index contributed by atoms with van der Waals surface area (Å²) in [5, 5.41) is 3.23. The quantitative estimate of drug-likeness (QED) is 0.673. The number of carbonyl (C=O) groups excluding carboxylic acids is 1. The molecule has 0 saturated carbocycles. The number of nitrogens with one attached hydrogen (secondary N) is 1. The minimum atomic E-state index is 0.0361. The van der Waals surface area contributed by atoms with Crippen molar-refractivity contribution in [2.24, 2.45) is 0 Å².